The SMILES string of the molecule is O=C(Cn1ccc2ccccc21)NC[C@@H]1C[C@@H]2C=C[C@@H]1C2. The van der Waals surface area contributed by atoms with Crippen LogP contribution in [0, 0.1) is 17.8 Å². The van der Waals surface area contributed by atoms with E-state index in [4.69, 9.17) is 0 Å². The summed E-state index contributed by atoms with van der Waals surface area (Å²) in [5.41, 5.74) is 1.12. The first-order valence-corrected chi connectivity index (χ1v) is 7.78. The number of carbonyl (C=O) groups excluding carboxylic acids is 1. The van der Waals surface area contributed by atoms with E-state index in [0.717, 1.165) is 18.0 Å². The van der Waals surface area contributed by atoms with Crippen molar-refractivity contribution in [2.75, 3.05) is 6.54 Å². The molecule has 4 rings (SSSR count). The van der Waals surface area contributed by atoms with Gasteiger partial charge in [0.1, 0.15) is 6.54 Å². The van der Waals surface area contributed by atoms with E-state index in [2.05, 4.69) is 35.7 Å². The van der Waals surface area contributed by atoms with Gasteiger partial charge in [0.15, 0.2) is 0 Å². The minimum Gasteiger partial charge on any atom is -0.354 e. The first-order chi connectivity index (χ1) is 10.3. The van der Waals surface area contributed by atoms with E-state index in [9.17, 15) is 4.79 Å². The van der Waals surface area contributed by atoms with Gasteiger partial charge in [-0.15, -0.1) is 0 Å². The van der Waals surface area contributed by atoms with Gasteiger partial charge in [-0.05, 0) is 48.1 Å². The molecular formula is C18H20N2O. The number of fused-ring (bicyclic) bond motifs is 3. The standard InChI is InChI=1S/C18H20N2O/c21-18(19-11-16-10-13-5-6-15(16)9-13)12-20-8-7-14-3-1-2-4-17(14)20/h1-8,13,15-16H,9-12H2,(H,19,21)/t13-,15-,16+/m1/s1. The van der Waals surface area contributed by atoms with E-state index in [1.54, 1.807) is 0 Å². The molecule has 21 heavy (non-hydrogen) atoms. The van der Waals surface area contributed by atoms with Crippen molar-refractivity contribution >= 4 is 16.8 Å². The van der Waals surface area contributed by atoms with Gasteiger partial charge in [0.2, 0.25) is 5.91 Å². The van der Waals surface area contributed by atoms with Gasteiger partial charge in [0, 0.05) is 18.3 Å². The van der Waals surface area contributed by atoms with E-state index in [1.807, 2.05) is 22.9 Å². The zero-order chi connectivity index (χ0) is 14.2. The van der Waals surface area contributed by atoms with E-state index < -0.39 is 0 Å². The fourth-order valence-corrected chi connectivity index (χ4v) is 3.86. The van der Waals surface area contributed by atoms with Crippen LogP contribution in [-0.4, -0.2) is 17.0 Å². The van der Waals surface area contributed by atoms with Crippen LogP contribution in [0.1, 0.15) is 12.8 Å². The second-order valence-electron chi connectivity index (χ2n) is 6.35. The van der Waals surface area contributed by atoms with Gasteiger partial charge in [0.05, 0.1) is 0 Å². The number of nitrogens with one attached hydrogen (secondary N) is 1. The van der Waals surface area contributed by atoms with Crippen LogP contribution in [-0.2, 0) is 11.3 Å². The van der Waals surface area contributed by atoms with Crippen molar-refractivity contribution < 1.29 is 4.79 Å². The molecular weight excluding hydrogens is 260 g/mol. The Kier molecular flexibility index (Phi) is 3.06. The second-order valence-corrected chi connectivity index (χ2v) is 6.35. The molecule has 2 aromatic rings. The van der Waals surface area contributed by atoms with Gasteiger partial charge in [-0.1, -0.05) is 30.4 Å². The van der Waals surface area contributed by atoms with Crippen LogP contribution in [0.4, 0.5) is 0 Å². The molecule has 1 amide bonds. The summed E-state index contributed by atoms with van der Waals surface area (Å²) in [7, 11) is 0. The largest absolute Gasteiger partial charge is 0.354 e. The summed E-state index contributed by atoms with van der Waals surface area (Å²) >= 11 is 0. The number of allylic oxidation sites excluding steroid dienone is 2. The number of hydrogen-bond acceptors (Lipinski definition) is 1. The zero-order valence-corrected chi connectivity index (χ0v) is 12.0. The Morgan fingerprint density at radius 1 is 1.19 bits per heavy atom. The normalized spacial score (nSPS) is 26.6. The van der Waals surface area contributed by atoms with Gasteiger partial charge in [-0.3, -0.25) is 4.79 Å². The molecule has 1 heterocycles. The van der Waals surface area contributed by atoms with E-state index in [1.165, 1.54) is 18.2 Å². The number of hydrogen-bond donors (Lipinski definition) is 1. The van der Waals surface area contributed by atoms with Gasteiger partial charge in [-0.25, -0.2) is 0 Å². The van der Waals surface area contributed by atoms with E-state index in [0.29, 0.717) is 18.4 Å². The molecule has 0 saturated heterocycles. The Hall–Kier alpha value is -2.03. The molecule has 108 valence electrons. The summed E-state index contributed by atoms with van der Waals surface area (Å²) in [5.74, 6) is 2.22. The van der Waals surface area contributed by atoms with Crippen LogP contribution < -0.4 is 5.32 Å². The van der Waals surface area contributed by atoms with Crippen molar-refractivity contribution in [2.24, 2.45) is 17.8 Å². The summed E-state index contributed by atoms with van der Waals surface area (Å²) in [4.78, 5) is 12.2. The highest BCUT2D eigenvalue weighted by Crippen LogP contribution is 2.42. The molecule has 1 aromatic carbocycles. The van der Waals surface area contributed by atoms with Crippen molar-refractivity contribution in [1.82, 2.24) is 9.88 Å². The number of para-hydroxylation sites is 1. The summed E-state index contributed by atoms with van der Waals surface area (Å²) in [6.07, 6.45) is 9.21. The second kappa shape index (κ2) is 5.06. The molecule has 2 aliphatic rings. The minimum atomic E-state index is 0.114. The van der Waals surface area contributed by atoms with Crippen molar-refractivity contribution in [3.8, 4) is 0 Å². The van der Waals surface area contributed by atoms with Crippen molar-refractivity contribution in [3.63, 3.8) is 0 Å². The zero-order valence-electron chi connectivity index (χ0n) is 12.0. The molecule has 0 aliphatic heterocycles. The molecule has 3 nitrogen and oxygen atoms in total. The maximum absolute atomic E-state index is 12.2. The number of amides is 1. The first kappa shape index (κ1) is 12.7. The molecule has 1 fully saturated rings. The van der Waals surface area contributed by atoms with Crippen molar-refractivity contribution in [1.29, 1.82) is 0 Å². The van der Waals surface area contributed by atoms with Crippen LogP contribution in [0.3, 0.4) is 0 Å². The first-order valence-electron chi connectivity index (χ1n) is 7.78. The highest BCUT2D eigenvalue weighted by Gasteiger charge is 2.35. The number of carbonyl (C=O) groups is 1. The fourth-order valence-electron chi connectivity index (χ4n) is 3.86. The Bertz CT molecular complexity index is 700. The lowest BCUT2D eigenvalue weighted by Crippen LogP contribution is -2.33. The summed E-state index contributed by atoms with van der Waals surface area (Å²) in [6.45, 7) is 1.23. The quantitative estimate of drug-likeness (QED) is 0.858. The topological polar surface area (TPSA) is 34.0 Å². The van der Waals surface area contributed by atoms with Gasteiger partial charge >= 0.3 is 0 Å². The van der Waals surface area contributed by atoms with Gasteiger partial charge in [0.25, 0.3) is 0 Å². The molecule has 0 radical (unpaired) electrons. The summed E-state index contributed by atoms with van der Waals surface area (Å²) in [5, 5.41) is 4.30. The predicted octanol–water partition coefficient (Wildman–Crippen LogP) is 2.97. The molecule has 0 spiro atoms. The Labute approximate surface area is 124 Å². The third-order valence-electron chi connectivity index (χ3n) is 4.97. The van der Waals surface area contributed by atoms with Crippen LogP contribution in [0.15, 0.2) is 48.7 Å². The Morgan fingerprint density at radius 3 is 2.90 bits per heavy atom. The number of benzene rings is 1. The Morgan fingerprint density at radius 2 is 2.10 bits per heavy atom. The summed E-state index contributed by atoms with van der Waals surface area (Å²) < 4.78 is 2.02. The van der Waals surface area contributed by atoms with Crippen LogP contribution in [0.2, 0.25) is 0 Å². The third kappa shape index (κ3) is 2.37. The molecule has 1 N–H and O–H groups in total. The van der Waals surface area contributed by atoms with Crippen LogP contribution in [0.25, 0.3) is 10.9 Å². The fraction of sp³-hybridized carbons (Fsp3) is 0.389. The molecule has 0 unspecified atom stereocenters. The van der Waals surface area contributed by atoms with E-state index >= 15 is 0 Å². The van der Waals surface area contributed by atoms with E-state index in [-0.39, 0.29) is 5.91 Å². The number of aromatic nitrogens is 1. The maximum atomic E-state index is 12.2. The van der Waals surface area contributed by atoms with Crippen LogP contribution >= 0.6 is 0 Å². The molecule has 3 heteroatoms. The maximum Gasteiger partial charge on any atom is 0.239 e. The molecule has 1 aromatic heterocycles. The predicted molar refractivity (Wildman–Crippen MR) is 83.8 cm³/mol. The van der Waals surface area contributed by atoms with Crippen molar-refractivity contribution in [3.05, 3.63) is 48.7 Å². The van der Waals surface area contributed by atoms with Crippen molar-refractivity contribution in [2.45, 2.75) is 19.4 Å². The molecule has 3 atom stereocenters. The Balaban J connectivity index is 1.37. The average Bonchev–Trinajstić information content (AvgIpc) is 3.21. The van der Waals surface area contributed by atoms with Gasteiger partial charge < -0.3 is 9.88 Å². The molecule has 2 aliphatic carbocycles. The van der Waals surface area contributed by atoms with Gasteiger partial charge in [-0.2, -0.15) is 0 Å². The third-order valence-corrected chi connectivity index (χ3v) is 4.97. The lowest BCUT2D eigenvalue weighted by atomic mass is 9.94. The van der Waals surface area contributed by atoms with Crippen LogP contribution in [0.5, 0.6) is 0 Å². The lowest BCUT2D eigenvalue weighted by Gasteiger charge is -2.18. The average molecular weight is 280 g/mol. The molecule has 1 saturated carbocycles. The molecule has 2 bridgehead atoms. The summed E-state index contributed by atoms with van der Waals surface area (Å²) in [6, 6.07) is 10.2. The lowest BCUT2D eigenvalue weighted by molar-refractivity contribution is -0.121. The minimum absolute atomic E-state index is 0.114. The smallest absolute Gasteiger partial charge is 0.239 e. The monoisotopic (exact) mass is 280 g/mol. The number of rotatable bonds is 4. The highest BCUT2D eigenvalue weighted by atomic mass is 16.1. The number of nitrogens with zero attached hydrogens (tertiary/aromatic N) is 1. The highest BCUT2D eigenvalue weighted by molar-refractivity contribution is 5.83.